The highest BCUT2D eigenvalue weighted by Crippen LogP contribution is 2.52. The van der Waals surface area contributed by atoms with Crippen molar-refractivity contribution in [1.82, 2.24) is 15.1 Å². The third kappa shape index (κ3) is 6.98. The van der Waals surface area contributed by atoms with Gasteiger partial charge in [0.15, 0.2) is 0 Å². The molecule has 0 radical (unpaired) electrons. The molecule has 0 unspecified atom stereocenters. The summed E-state index contributed by atoms with van der Waals surface area (Å²) in [5, 5.41) is 17.7. The van der Waals surface area contributed by atoms with Crippen molar-refractivity contribution in [2.75, 3.05) is 13.7 Å². The third-order valence-electron chi connectivity index (χ3n) is 9.82. The van der Waals surface area contributed by atoms with E-state index >= 15 is 13.2 Å². The van der Waals surface area contributed by atoms with Crippen LogP contribution in [0.4, 0.5) is 13.2 Å². The Morgan fingerprint density at radius 2 is 1.46 bits per heavy atom. The predicted octanol–water partition coefficient (Wildman–Crippen LogP) is 11.1. The van der Waals surface area contributed by atoms with Crippen LogP contribution in [0.25, 0.3) is 61.2 Å². The first-order valence-electron chi connectivity index (χ1n) is 17.5. The summed E-state index contributed by atoms with van der Waals surface area (Å²) < 4.78 is 53.3. The van der Waals surface area contributed by atoms with Gasteiger partial charge in [-0.2, -0.15) is 18.3 Å². The number of carbonyl (C=O) groups excluding carboxylic acids is 1. The maximum absolute atomic E-state index is 15.5. The molecule has 0 saturated carbocycles. The lowest BCUT2D eigenvalue weighted by atomic mass is 9.87. The standard InChI is InChI=1S/C44H30Cl2F3N3O4/c1-56-33-12-15-35-28(21-33)10-13-36-37-23-32(52-42(39(35)36)40(44(47,48)49)41(51-52)29-19-30(45)22-31(46)20-29)11-14-34(37)26-6-2-24(3-7-26)18-25-4-8-27(9-5-25)43(55)50-17-16-38(53)54/h2-15,19-23H,16-18H2,1H3,(H,50,55)(H,53,54). The van der Waals surface area contributed by atoms with Crippen LogP contribution in [0.3, 0.4) is 0 Å². The second kappa shape index (κ2) is 14.5. The number of hydrogen-bond donors (Lipinski definition) is 2. The number of rotatable bonds is 9. The highest BCUT2D eigenvalue weighted by molar-refractivity contribution is 6.35. The number of carbonyl (C=O) groups is 2. The monoisotopic (exact) mass is 791 g/mol. The number of ether oxygens (including phenoxy) is 1. The second-order valence-corrected chi connectivity index (χ2v) is 14.3. The minimum atomic E-state index is -4.81. The molecule has 7 nitrogen and oxygen atoms in total. The van der Waals surface area contributed by atoms with E-state index in [1.165, 1.54) is 30.0 Å². The van der Waals surface area contributed by atoms with Crippen LogP contribution in [-0.2, 0) is 17.4 Å². The van der Waals surface area contributed by atoms with Crippen molar-refractivity contribution >= 4 is 45.9 Å². The van der Waals surface area contributed by atoms with Crippen molar-refractivity contribution in [1.29, 1.82) is 0 Å². The first-order chi connectivity index (χ1) is 26.9. The number of aromatic nitrogens is 2. The fourth-order valence-corrected chi connectivity index (χ4v) is 7.77. The highest BCUT2D eigenvalue weighted by Gasteiger charge is 2.43. The predicted molar refractivity (Wildman–Crippen MR) is 212 cm³/mol. The van der Waals surface area contributed by atoms with Crippen LogP contribution in [0.5, 0.6) is 5.75 Å². The van der Waals surface area contributed by atoms with Gasteiger partial charge in [0.25, 0.3) is 5.91 Å². The van der Waals surface area contributed by atoms with Gasteiger partial charge in [-0.3, -0.25) is 9.59 Å². The zero-order valence-corrected chi connectivity index (χ0v) is 31.1. The Kier molecular flexibility index (Phi) is 9.56. The van der Waals surface area contributed by atoms with E-state index < -0.39 is 17.7 Å². The van der Waals surface area contributed by atoms with Gasteiger partial charge in [-0.05, 0) is 111 Å². The smallest absolute Gasteiger partial charge is 0.420 e. The molecule has 0 fully saturated rings. The Balaban J connectivity index is 1.21. The molecule has 280 valence electrons. The largest absolute Gasteiger partial charge is 0.497 e. The summed E-state index contributed by atoms with van der Waals surface area (Å²) in [5.74, 6) is -0.756. The van der Waals surface area contributed by atoms with Crippen LogP contribution in [-0.4, -0.2) is 40.4 Å². The van der Waals surface area contributed by atoms with Crippen molar-refractivity contribution in [3.63, 3.8) is 0 Å². The van der Waals surface area contributed by atoms with E-state index in [0.29, 0.717) is 45.3 Å². The summed E-state index contributed by atoms with van der Waals surface area (Å²) in [6, 6.07) is 34.0. The summed E-state index contributed by atoms with van der Waals surface area (Å²) >= 11 is 12.6. The number of hydrogen-bond acceptors (Lipinski definition) is 4. The first kappa shape index (κ1) is 36.9. The zero-order valence-electron chi connectivity index (χ0n) is 29.5. The van der Waals surface area contributed by atoms with Crippen molar-refractivity contribution in [3.05, 3.63) is 148 Å². The SMILES string of the molecule is COc1ccc2c3c(ccc2c1)-c1cc(ccc1-c1ccc(Cc2ccc(C(=O)NCCC(=O)O)cc2)cc1)-n1nc(-c2cc(Cl)cc(Cl)c2)c(C(F)(F)F)c1-3. The molecule has 1 aliphatic heterocycles. The Hall–Kier alpha value is -6.10. The molecule has 1 aromatic heterocycles. The van der Waals surface area contributed by atoms with Crippen LogP contribution in [0.1, 0.15) is 33.5 Å². The fraction of sp³-hybridized carbons (Fsp3) is 0.114. The lowest BCUT2D eigenvalue weighted by Gasteiger charge is -2.17. The van der Waals surface area contributed by atoms with Gasteiger partial charge in [-0.1, -0.05) is 77.8 Å². The van der Waals surface area contributed by atoms with Gasteiger partial charge in [-0.25, -0.2) is 4.68 Å². The number of nitrogens with zero attached hydrogens (tertiary/aromatic N) is 2. The maximum Gasteiger partial charge on any atom is 0.420 e. The topological polar surface area (TPSA) is 93.5 Å². The summed E-state index contributed by atoms with van der Waals surface area (Å²) in [4.78, 5) is 23.1. The number of alkyl halides is 3. The molecule has 0 aliphatic carbocycles. The molecule has 8 rings (SSSR count). The average Bonchev–Trinajstić information content (AvgIpc) is 3.55. The lowest BCUT2D eigenvalue weighted by molar-refractivity contribution is -0.137. The summed E-state index contributed by atoms with van der Waals surface area (Å²) in [6.07, 6.45) is -4.38. The molecule has 0 spiro atoms. The van der Waals surface area contributed by atoms with Crippen LogP contribution in [0.2, 0.25) is 10.0 Å². The van der Waals surface area contributed by atoms with E-state index in [2.05, 4.69) is 10.4 Å². The summed E-state index contributed by atoms with van der Waals surface area (Å²) in [7, 11) is 1.54. The molecule has 1 aliphatic rings. The van der Waals surface area contributed by atoms with E-state index in [1.807, 2.05) is 60.7 Å². The van der Waals surface area contributed by atoms with E-state index in [0.717, 1.165) is 27.8 Å². The maximum atomic E-state index is 15.5. The van der Waals surface area contributed by atoms with Gasteiger partial charge in [-0.15, -0.1) is 0 Å². The summed E-state index contributed by atoms with van der Waals surface area (Å²) in [5.41, 5.74) is 5.16. The molecule has 0 atom stereocenters. The van der Waals surface area contributed by atoms with Crippen molar-refractivity contribution in [2.24, 2.45) is 0 Å². The molecule has 2 N–H and O–H groups in total. The van der Waals surface area contributed by atoms with Crippen molar-refractivity contribution in [2.45, 2.75) is 19.0 Å². The Morgan fingerprint density at radius 3 is 2.12 bits per heavy atom. The summed E-state index contributed by atoms with van der Waals surface area (Å²) in [6.45, 7) is 0.0450. The third-order valence-corrected chi connectivity index (χ3v) is 10.3. The van der Waals surface area contributed by atoms with Gasteiger partial charge < -0.3 is 15.2 Å². The van der Waals surface area contributed by atoms with E-state index in [9.17, 15) is 9.59 Å². The molecule has 0 saturated heterocycles. The molecule has 6 aromatic carbocycles. The normalized spacial score (nSPS) is 11.8. The Morgan fingerprint density at radius 1 is 0.786 bits per heavy atom. The van der Waals surface area contributed by atoms with Crippen molar-refractivity contribution < 1.29 is 32.6 Å². The van der Waals surface area contributed by atoms with Gasteiger partial charge in [0.1, 0.15) is 17.0 Å². The molecule has 12 heteroatoms. The minimum Gasteiger partial charge on any atom is -0.497 e. The van der Waals surface area contributed by atoms with Crippen molar-refractivity contribution in [3.8, 4) is 56.2 Å². The molecule has 56 heavy (non-hydrogen) atoms. The quantitative estimate of drug-likeness (QED) is 0.152. The molecular formula is C44H30Cl2F3N3O4. The Labute approximate surface area is 328 Å². The molecule has 1 amide bonds. The van der Waals surface area contributed by atoms with Crippen LogP contribution < -0.4 is 10.1 Å². The highest BCUT2D eigenvalue weighted by atomic mass is 35.5. The van der Waals surface area contributed by atoms with Crippen LogP contribution >= 0.6 is 23.2 Å². The number of carboxylic acid groups (broad SMARTS) is 1. The molecule has 7 aromatic rings. The van der Waals surface area contributed by atoms with Gasteiger partial charge in [0.2, 0.25) is 0 Å². The van der Waals surface area contributed by atoms with Gasteiger partial charge >= 0.3 is 12.1 Å². The number of halogens is 5. The number of fused-ring (bicyclic) bond motifs is 9. The number of methoxy groups -OCH3 is 1. The van der Waals surface area contributed by atoms with Crippen LogP contribution in [0, 0.1) is 0 Å². The molecular weight excluding hydrogens is 762 g/mol. The number of amides is 1. The average molecular weight is 793 g/mol. The van der Waals surface area contributed by atoms with E-state index in [1.54, 1.807) is 36.4 Å². The Bertz CT molecular complexity index is 2670. The zero-order chi connectivity index (χ0) is 39.3. The number of carboxylic acids is 1. The van der Waals surface area contributed by atoms with E-state index in [-0.39, 0.29) is 45.9 Å². The fourth-order valence-electron chi connectivity index (χ4n) is 7.25. The van der Waals surface area contributed by atoms with Crippen LogP contribution in [0.15, 0.2) is 115 Å². The number of nitrogens with one attached hydrogen (secondary N) is 1. The second-order valence-electron chi connectivity index (χ2n) is 13.4. The van der Waals surface area contributed by atoms with Gasteiger partial charge in [0.05, 0.1) is 24.9 Å². The number of aliphatic carboxylic acids is 1. The molecule has 2 bridgehead atoms. The molecule has 2 heterocycles. The number of benzene rings is 6. The minimum absolute atomic E-state index is 0.0450. The lowest BCUT2D eigenvalue weighted by Crippen LogP contribution is -2.25. The van der Waals surface area contributed by atoms with Gasteiger partial charge in [0, 0.05) is 33.3 Å². The van der Waals surface area contributed by atoms with E-state index in [4.69, 9.17) is 33.0 Å². The first-order valence-corrected chi connectivity index (χ1v) is 18.2.